The molecule has 3 N–H and O–H groups in total. The van der Waals surface area contributed by atoms with Crippen LogP contribution in [-0.2, 0) is 0 Å². The molecule has 0 bridgehead atoms. The Morgan fingerprint density at radius 2 is 1.81 bits per heavy atom. The van der Waals surface area contributed by atoms with E-state index in [1.807, 2.05) is 6.92 Å². The lowest BCUT2D eigenvalue weighted by Gasteiger charge is -2.08. The van der Waals surface area contributed by atoms with E-state index in [9.17, 15) is 9.59 Å². The van der Waals surface area contributed by atoms with Crippen LogP contribution in [0.1, 0.15) is 32.4 Å². The molecule has 0 aliphatic rings. The topological polar surface area (TPSA) is 103 Å². The predicted octanol–water partition coefficient (Wildman–Crippen LogP) is 2.89. The van der Waals surface area contributed by atoms with Crippen molar-refractivity contribution in [3.05, 3.63) is 70.3 Å². The molecule has 0 atom stereocenters. The maximum Gasteiger partial charge on any atom is 0.295 e. The van der Waals surface area contributed by atoms with Crippen LogP contribution in [0.2, 0.25) is 5.02 Å². The molecule has 1 heterocycles. The van der Waals surface area contributed by atoms with Crippen molar-refractivity contribution in [2.75, 3.05) is 5.32 Å². The summed E-state index contributed by atoms with van der Waals surface area (Å²) in [5.41, 5.74) is 7.60. The van der Waals surface area contributed by atoms with Crippen LogP contribution in [0.5, 0.6) is 0 Å². The van der Waals surface area contributed by atoms with E-state index in [1.54, 1.807) is 48.0 Å². The van der Waals surface area contributed by atoms with Gasteiger partial charge >= 0.3 is 0 Å². The second kappa shape index (κ2) is 6.97. The van der Waals surface area contributed by atoms with Gasteiger partial charge in [-0.05, 0) is 55.8 Å². The highest BCUT2D eigenvalue weighted by Gasteiger charge is 2.17. The highest BCUT2D eigenvalue weighted by molar-refractivity contribution is 6.30. The monoisotopic (exact) mass is 369 g/mol. The number of nitrogens with one attached hydrogen (secondary N) is 1. The molecule has 0 radical (unpaired) electrons. The molecule has 132 valence electrons. The van der Waals surface area contributed by atoms with Crippen LogP contribution < -0.4 is 11.1 Å². The number of anilines is 1. The van der Waals surface area contributed by atoms with E-state index < -0.39 is 11.8 Å². The van der Waals surface area contributed by atoms with E-state index in [4.69, 9.17) is 17.3 Å². The maximum absolute atomic E-state index is 12.5. The summed E-state index contributed by atoms with van der Waals surface area (Å²) in [6, 6.07) is 11.9. The first-order chi connectivity index (χ1) is 12.3. The molecule has 3 rings (SSSR count). The lowest BCUT2D eigenvalue weighted by Crippen LogP contribution is -2.17. The number of rotatable bonds is 4. The van der Waals surface area contributed by atoms with Gasteiger partial charge in [-0.15, -0.1) is 5.10 Å². The van der Waals surface area contributed by atoms with Crippen molar-refractivity contribution in [2.24, 2.45) is 5.73 Å². The van der Waals surface area contributed by atoms with Gasteiger partial charge in [-0.2, -0.15) is 0 Å². The fourth-order valence-electron chi connectivity index (χ4n) is 2.40. The fraction of sp³-hybridized carbons (Fsp3) is 0.111. The van der Waals surface area contributed by atoms with Crippen molar-refractivity contribution in [3.8, 4) is 5.69 Å². The third-order valence-corrected chi connectivity index (χ3v) is 4.07. The first kappa shape index (κ1) is 17.6. The zero-order valence-electron chi connectivity index (χ0n) is 14.2. The standard InChI is InChI=1S/C18H16ClN5O2/c1-10-3-4-12(16(20)25)9-15(10)22-18(26)17-21-11(2)24(23-17)14-7-5-13(19)6-8-14/h3-9H,1-2H3,(H2,20,25)(H,22,26). The van der Waals surface area contributed by atoms with Gasteiger partial charge in [0.2, 0.25) is 11.7 Å². The summed E-state index contributed by atoms with van der Waals surface area (Å²) < 4.78 is 1.55. The number of carbonyl (C=O) groups is 2. The van der Waals surface area contributed by atoms with Crippen molar-refractivity contribution >= 4 is 29.1 Å². The molecule has 0 aliphatic carbocycles. The van der Waals surface area contributed by atoms with E-state index in [1.165, 1.54) is 6.07 Å². The number of aryl methyl sites for hydroxylation is 2. The minimum Gasteiger partial charge on any atom is -0.366 e. The molecule has 0 aliphatic heterocycles. The third kappa shape index (κ3) is 3.57. The van der Waals surface area contributed by atoms with Gasteiger partial charge in [0.05, 0.1) is 5.69 Å². The van der Waals surface area contributed by atoms with E-state index >= 15 is 0 Å². The van der Waals surface area contributed by atoms with Crippen LogP contribution in [0.25, 0.3) is 5.69 Å². The number of halogens is 1. The SMILES string of the molecule is Cc1ccc(C(N)=O)cc1NC(=O)c1nc(C)n(-c2ccc(Cl)cc2)n1. The Hall–Kier alpha value is -3.19. The zero-order chi connectivity index (χ0) is 18.8. The Balaban J connectivity index is 1.87. The molecule has 0 fully saturated rings. The summed E-state index contributed by atoms with van der Waals surface area (Å²) in [5.74, 6) is -0.478. The highest BCUT2D eigenvalue weighted by atomic mass is 35.5. The molecule has 0 unspecified atom stereocenters. The van der Waals surface area contributed by atoms with Gasteiger partial charge in [-0.3, -0.25) is 9.59 Å². The van der Waals surface area contributed by atoms with Crippen LogP contribution in [0.4, 0.5) is 5.69 Å². The van der Waals surface area contributed by atoms with Gasteiger partial charge in [-0.1, -0.05) is 17.7 Å². The lowest BCUT2D eigenvalue weighted by molar-refractivity contribution is 0.0994. The zero-order valence-corrected chi connectivity index (χ0v) is 14.9. The number of aromatic nitrogens is 3. The second-order valence-corrected chi connectivity index (χ2v) is 6.16. The summed E-state index contributed by atoms with van der Waals surface area (Å²) in [6.45, 7) is 3.56. The number of hydrogen-bond donors (Lipinski definition) is 2. The van der Waals surface area contributed by atoms with E-state index in [-0.39, 0.29) is 5.82 Å². The van der Waals surface area contributed by atoms with Crippen molar-refractivity contribution in [1.82, 2.24) is 14.8 Å². The van der Waals surface area contributed by atoms with Crippen molar-refractivity contribution in [1.29, 1.82) is 0 Å². The van der Waals surface area contributed by atoms with Crippen LogP contribution in [0.3, 0.4) is 0 Å². The summed E-state index contributed by atoms with van der Waals surface area (Å²) in [5, 5.41) is 7.57. The highest BCUT2D eigenvalue weighted by Crippen LogP contribution is 2.18. The Morgan fingerprint density at radius 1 is 1.12 bits per heavy atom. The minimum absolute atomic E-state index is 0.0151. The lowest BCUT2D eigenvalue weighted by atomic mass is 10.1. The average molecular weight is 370 g/mol. The predicted molar refractivity (Wildman–Crippen MR) is 98.8 cm³/mol. The van der Waals surface area contributed by atoms with Gasteiger partial charge in [0, 0.05) is 16.3 Å². The Bertz CT molecular complexity index is 995. The smallest absolute Gasteiger partial charge is 0.295 e. The van der Waals surface area contributed by atoms with Gasteiger partial charge in [0.25, 0.3) is 5.91 Å². The summed E-state index contributed by atoms with van der Waals surface area (Å²) >= 11 is 5.89. The summed E-state index contributed by atoms with van der Waals surface area (Å²) in [6.07, 6.45) is 0. The number of nitrogens with two attached hydrogens (primary N) is 1. The number of benzene rings is 2. The summed E-state index contributed by atoms with van der Waals surface area (Å²) in [7, 11) is 0. The number of primary amides is 1. The van der Waals surface area contributed by atoms with Gasteiger partial charge in [-0.25, -0.2) is 9.67 Å². The third-order valence-electron chi connectivity index (χ3n) is 3.81. The Kier molecular flexibility index (Phi) is 4.73. The van der Waals surface area contributed by atoms with E-state index in [0.717, 1.165) is 11.3 Å². The van der Waals surface area contributed by atoms with Crippen molar-refractivity contribution in [3.63, 3.8) is 0 Å². The molecule has 0 saturated carbocycles. The van der Waals surface area contributed by atoms with E-state index in [0.29, 0.717) is 22.1 Å². The van der Waals surface area contributed by atoms with Crippen molar-refractivity contribution < 1.29 is 9.59 Å². The van der Waals surface area contributed by atoms with Gasteiger partial charge < -0.3 is 11.1 Å². The van der Waals surface area contributed by atoms with Crippen molar-refractivity contribution in [2.45, 2.75) is 13.8 Å². The molecule has 2 aromatic carbocycles. The van der Waals surface area contributed by atoms with Gasteiger partial charge in [0.1, 0.15) is 5.82 Å². The molecule has 0 saturated heterocycles. The van der Waals surface area contributed by atoms with Crippen LogP contribution in [0, 0.1) is 13.8 Å². The molecule has 26 heavy (non-hydrogen) atoms. The average Bonchev–Trinajstić information content (AvgIpc) is 2.99. The van der Waals surface area contributed by atoms with Gasteiger partial charge in [0.15, 0.2) is 0 Å². The number of amides is 2. The quantitative estimate of drug-likeness (QED) is 0.737. The Morgan fingerprint density at radius 3 is 2.46 bits per heavy atom. The molecule has 0 spiro atoms. The molecule has 8 heteroatoms. The number of hydrogen-bond acceptors (Lipinski definition) is 4. The normalized spacial score (nSPS) is 10.6. The molecule has 3 aromatic rings. The maximum atomic E-state index is 12.5. The van der Waals surface area contributed by atoms with Crippen LogP contribution in [-0.4, -0.2) is 26.6 Å². The molecular formula is C18H16ClN5O2. The van der Waals surface area contributed by atoms with Crippen LogP contribution in [0.15, 0.2) is 42.5 Å². The number of carbonyl (C=O) groups excluding carboxylic acids is 2. The molecule has 1 aromatic heterocycles. The largest absolute Gasteiger partial charge is 0.366 e. The minimum atomic E-state index is -0.568. The van der Waals surface area contributed by atoms with E-state index in [2.05, 4.69) is 15.4 Å². The molecular weight excluding hydrogens is 354 g/mol. The summed E-state index contributed by atoms with van der Waals surface area (Å²) in [4.78, 5) is 28.0. The first-order valence-corrected chi connectivity index (χ1v) is 8.14. The molecule has 7 nitrogen and oxygen atoms in total. The second-order valence-electron chi connectivity index (χ2n) is 5.72. The Labute approximate surface area is 154 Å². The molecule has 2 amide bonds. The fourth-order valence-corrected chi connectivity index (χ4v) is 2.53. The first-order valence-electron chi connectivity index (χ1n) is 7.76. The number of nitrogens with zero attached hydrogens (tertiary/aromatic N) is 3. The van der Waals surface area contributed by atoms with Crippen LogP contribution >= 0.6 is 11.6 Å².